The number of carbonyl (C=O) groups is 2. The Hall–Kier alpha value is -3.07. The molecule has 32 heavy (non-hydrogen) atoms. The Kier molecular flexibility index (Phi) is 7.08. The molecule has 0 saturated carbocycles. The maximum atomic E-state index is 13.3. The van der Waals surface area contributed by atoms with Gasteiger partial charge in [0.1, 0.15) is 5.75 Å². The number of likely N-dealkylation sites (N-methyl/N-ethyl adjacent to an activating group) is 1. The molecule has 2 aromatic carbocycles. The molecule has 2 aromatic rings. The van der Waals surface area contributed by atoms with E-state index >= 15 is 0 Å². The predicted octanol–water partition coefficient (Wildman–Crippen LogP) is 3.86. The topological polar surface area (TPSA) is 67.9 Å². The molecule has 0 aromatic heterocycles. The molecule has 172 valence electrons. The second-order valence-electron chi connectivity index (χ2n) is 7.83. The summed E-state index contributed by atoms with van der Waals surface area (Å²) in [5.74, 6) is -0.127. The highest BCUT2D eigenvalue weighted by molar-refractivity contribution is 5.99. The van der Waals surface area contributed by atoms with Crippen LogP contribution in [0.5, 0.6) is 5.75 Å². The van der Waals surface area contributed by atoms with Crippen molar-refractivity contribution in [3.8, 4) is 5.75 Å². The molecule has 6 nitrogen and oxygen atoms in total. The third-order valence-electron chi connectivity index (χ3n) is 5.50. The van der Waals surface area contributed by atoms with Crippen molar-refractivity contribution in [2.45, 2.75) is 24.4 Å². The zero-order valence-corrected chi connectivity index (χ0v) is 17.9. The van der Waals surface area contributed by atoms with Crippen molar-refractivity contribution in [2.24, 2.45) is 0 Å². The first kappa shape index (κ1) is 23.6. The lowest BCUT2D eigenvalue weighted by Crippen LogP contribution is -2.45. The number of halogens is 3. The van der Waals surface area contributed by atoms with Crippen molar-refractivity contribution < 1.29 is 32.2 Å². The van der Waals surface area contributed by atoms with Crippen LogP contribution in [0.15, 0.2) is 48.5 Å². The van der Waals surface area contributed by atoms with E-state index in [0.29, 0.717) is 17.0 Å². The van der Waals surface area contributed by atoms with Gasteiger partial charge in [0.25, 0.3) is 5.91 Å². The van der Waals surface area contributed by atoms with E-state index in [2.05, 4.69) is 5.32 Å². The third kappa shape index (κ3) is 5.40. The Balaban J connectivity index is 1.78. The molecule has 0 unspecified atom stereocenters. The summed E-state index contributed by atoms with van der Waals surface area (Å²) in [7, 11) is 3.25. The van der Waals surface area contributed by atoms with Crippen LogP contribution in [0.1, 0.15) is 24.0 Å². The van der Waals surface area contributed by atoms with Crippen molar-refractivity contribution in [2.75, 3.05) is 39.2 Å². The van der Waals surface area contributed by atoms with Crippen LogP contribution in [0.25, 0.3) is 0 Å². The van der Waals surface area contributed by atoms with Gasteiger partial charge >= 0.3 is 6.18 Å². The lowest BCUT2D eigenvalue weighted by Gasteiger charge is -2.36. The van der Waals surface area contributed by atoms with Gasteiger partial charge < -0.3 is 19.7 Å². The molecule has 0 bridgehead atoms. The zero-order valence-electron chi connectivity index (χ0n) is 17.9. The van der Waals surface area contributed by atoms with Crippen LogP contribution in [0.3, 0.4) is 0 Å². The van der Waals surface area contributed by atoms with Gasteiger partial charge in [-0.3, -0.25) is 9.59 Å². The van der Waals surface area contributed by atoms with Gasteiger partial charge in [0.15, 0.2) is 6.61 Å². The number of nitrogens with one attached hydrogen (secondary N) is 1. The van der Waals surface area contributed by atoms with E-state index in [9.17, 15) is 22.8 Å². The maximum Gasteiger partial charge on any atom is 0.416 e. The minimum atomic E-state index is -4.50. The van der Waals surface area contributed by atoms with E-state index in [1.165, 1.54) is 11.0 Å². The van der Waals surface area contributed by atoms with E-state index in [1.54, 1.807) is 44.4 Å². The van der Waals surface area contributed by atoms with Crippen molar-refractivity contribution in [1.29, 1.82) is 0 Å². The molecule has 0 aliphatic carbocycles. The maximum absolute atomic E-state index is 13.3. The summed E-state index contributed by atoms with van der Waals surface area (Å²) >= 11 is 0. The minimum Gasteiger partial charge on any atom is -0.484 e. The minimum absolute atomic E-state index is 0.114. The summed E-state index contributed by atoms with van der Waals surface area (Å²) in [5.41, 5.74) is -1.14. The first-order valence-corrected chi connectivity index (χ1v) is 10.1. The number of anilines is 1. The summed E-state index contributed by atoms with van der Waals surface area (Å²) in [4.78, 5) is 26.3. The SMILES string of the molecule is CN(C)C(=O)COc1ccc(NC(=O)C2(c3cccc(C(F)(F)F)c3)CCOCC2)cc1. The first-order valence-electron chi connectivity index (χ1n) is 10.1. The van der Waals surface area contributed by atoms with Gasteiger partial charge in [0.05, 0.1) is 11.0 Å². The molecule has 0 radical (unpaired) electrons. The van der Waals surface area contributed by atoms with Crippen LogP contribution in [-0.2, 0) is 25.9 Å². The monoisotopic (exact) mass is 450 g/mol. The first-order chi connectivity index (χ1) is 15.1. The van der Waals surface area contributed by atoms with Crippen LogP contribution in [0, 0.1) is 0 Å². The third-order valence-corrected chi connectivity index (χ3v) is 5.50. The van der Waals surface area contributed by atoms with E-state index in [1.807, 2.05) is 0 Å². The van der Waals surface area contributed by atoms with Crippen LogP contribution in [-0.4, -0.2) is 50.6 Å². The number of nitrogens with zero attached hydrogens (tertiary/aromatic N) is 1. The average Bonchev–Trinajstić information content (AvgIpc) is 2.78. The Morgan fingerprint density at radius 3 is 2.34 bits per heavy atom. The average molecular weight is 450 g/mol. The number of rotatable bonds is 6. The highest BCUT2D eigenvalue weighted by Gasteiger charge is 2.43. The van der Waals surface area contributed by atoms with Gasteiger partial charge in [-0.15, -0.1) is 0 Å². The molecule has 9 heteroatoms. The fourth-order valence-electron chi connectivity index (χ4n) is 3.52. The Labute approximate surface area is 184 Å². The lowest BCUT2D eigenvalue weighted by molar-refractivity contribution is -0.138. The van der Waals surface area contributed by atoms with Crippen LogP contribution < -0.4 is 10.1 Å². The Bertz CT molecular complexity index is 952. The quantitative estimate of drug-likeness (QED) is 0.726. The molecular formula is C23H25F3N2O4. The number of alkyl halides is 3. The van der Waals surface area contributed by atoms with Crippen LogP contribution >= 0.6 is 0 Å². The molecule has 0 atom stereocenters. The molecule has 3 rings (SSSR count). The van der Waals surface area contributed by atoms with Gasteiger partial charge in [-0.2, -0.15) is 13.2 Å². The van der Waals surface area contributed by atoms with Gasteiger partial charge in [-0.25, -0.2) is 0 Å². The van der Waals surface area contributed by atoms with Gasteiger partial charge in [-0.1, -0.05) is 18.2 Å². The molecule has 1 aliphatic rings. The molecule has 2 amide bonds. The molecule has 1 saturated heterocycles. The van der Waals surface area contributed by atoms with Crippen molar-refractivity contribution in [1.82, 2.24) is 4.90 Å². The number of hydrogen-bond acceptors (Lipinski definition) is 4. The number of hydrogen-bond donors (Lipinski definition) is 1. The number of amides is 2. The number of ether oxygens (including phenoxy) is 2. The molecule has 0 spiro atoms. The largest absolute Gasteiger partial charge is 0.484 e. The van der Waals surface area contributed by atoms with E-state index < -0.39 is 23.1 Å². The molecule has 1 fully saturated rings. The van der Waals surface area contributed by atoms with Crippen molar-refractivity contribution in [3.63, 3.8) is 0 Å². The Morgan fingerprint density at radius 2 is 1.75 bits per heavy atom. The molecule has 1 heterocycles. The highest BCUT2D eigenvalue weighted by atomic mass is 19.4. The standard InChI is InChI=1S/C23H25F3N2O4/c1-28(2)20(29)15-32-19-8-6-18(7-9-19)27-21(30)22(10-12-31-13-11-22)16-4-3-5-17(14-16)23(24,25)26/h3-9,14H,10-13,15H2,1-2H3,(H,27,30). The summed E-state index contributed by atoms with van der Waals surface area (Å²) in [6.45, 7) is 0.435. The summed E-state index contributed by atoms with van der Waals surface area (Å²) in [6.07, 6.45) is -3.95. The number of carbonyl (C=O) groups excluding carboxylic acids is 2. The van der Waals surface area contributed by atoms with E-state index in [4.69, 9.17) is 9.47 Å². The fraction of sp³-hybridized carbons (Fsp3) is 0.391. The Morgan fingerprint density at radius 1 is 1.09 bits per heavy atom. The zero-order chi connectivity index (χ0) is 23.4. The smallest absolute Gasteiger partial charge is 0.416 e. The van der Waals surface area contributed by atoms with E-state index in [0.717, 1.165) is 12.1 Å². The second-order valence-corrected chi connectivity index (χ2v) is 7.83. The van der Waals surface area contributed by atoms with Crippen LogP contribution in [0.2, 0.25) is 0 Å². The molecular weight excluding hydrogens is 425 g/mol. The summed E-state index contributed by atoms with van der Waals surface area (Å²) < 4.78 is 50.5. The molecule has 1 aliphatic heterocycles. The lowest BCUT2D eigenvalue weighted by atomic mass is 9.73. The van der Waals surface area contributed by atoms with Gasteiger partial charge in [0, 0.05) is 33.0 Å². The predicted molar refractivity (Wildman–Crippen MR) is 112 cm³/mol. The van der Waals surface area contributed by atoms with Gasteiger partial charge in [-0.05, 0) is 48.7 Å². The summed E-state index contributed by atoms with van der Waals surface area (Å²) in [6, 6.07) is 11.4. The normalized spacial score (nSPS) is 15.7. The number of benzene rings is 2. The van der Waals surface area contributed by atoms with Gasteiger partial charge in [0.2, 0.25) is 5.91 Å². The van der Waals surface area contributed by atoms with E-state index in [-0.39, 0.29) is 38.6 Å². The molecule has 1 N–H and O–H groups in total. The second kappa shape index (κ2) is 9.60. The van der Waals surface area contributed by atoms with Crippen LogP contribution in [0.4, 0.5) is 18.9 Å². The highest BCUT2D eigenvalue weighted by Crippen LogP contribution is 2.39. The summed E-state index contributed by atoms with van der Waals surface area (Å²) in [5, 5.41) is 2.81. The van der Waals surface area contributed by atoms with Crippen molar-refractivity contribution in [3.05, 3.63) is 59.7 Å². The van der Waals surface area contributed by atoms with Crippen molar-refractivity contribution >= 4 is 17.5 Å². The fourth-order valence-corrected chi connectivity index (χ4v) is 3.52.